The number of aryl methyl sites for hydroxylation is 2. The van der Waals surface area contributed by atoms with Crippen molar-refractivity contribution in [3.8, 4) is 6.07 Å². The first-order chi connectivity index (χ1) is 8.51. The van der Waals surface area contributed by atoms with E-state index in [-0.39, 0.29) is 12.6 Å². The maximum Gasteiger partial charge on any atom is 0.147 e. The van der Waals surface area contributed by atoms with Crippen molar-refractivity contribution in [1.29, 1.82) is 5.26 Å². The second-order valence-electron chi connectivity index (χ2n) is 4.76. The van der Waals surface area contributed by atoms with Crippen LogP contribution in [-0.4, -0.2) is 29.3 Å². The smallest absolute Gasteiger partial charge is 0.147 e. The highest BCUT2D eigenvalue weighted by Gasteiger charge is 2.17. The molecule has 0 aliphatic carbocycles. The molecule has 4 heteroatoms. The molecule has 0 bridgehead atoms. The first-order valence-electron chi connectivity index (χ1n) is 6.27. The van der Waals surface area contributed by atoms with E-state index >= 15 is 0 Å². The first-order valence-corrected chi connectivity index (χ1v) is 6.27. The Bertz CT molecular complexity index is 449. The lowest BCUT2D eigenvalue weighted by Gasteiger charge is -2.29. The molecule has 4 nitrogen and oxygen atoms in total. The van der Waals surface area contributed by atoms with Crippen molar-refractivity contribution in [1.82, 2.24) is 4.98 Å². The molecule has 0 saturated heterocycles. The molecule has 1 N–H and O–H groups in total. The Kier molecular flexibility index (Phi) is 5.11. The van der Waals surface area contributed by atoms with Gasteiger partial charge in [-0.3, -0.25) is 0 Å². The Morgan fingerprint density at radius 1 is 1.44 bits per heavy atom. The van der Waals surface area contributed by atoms with Gasteiger partial charge in [-0.15, -0.1) is 0 Å². The Morgan fingerprint density at radius 2 is 2.11 bits per heavy atom. The van der Waals surface area contributed by atoms with Crippen LogP contribution in [0.3, 0.4) is 0 Å². The van der Waals surface area contributed by atoms with Crippen LogP contribution in [0.15, 0.2) is 6.07 Å². The molecule has 1 heterocycles. The molecule has 0 atom stereocenters. The Morgan fingerprint density at radius 3 is 2.61 bits per heavy atom. The largest absolute Gasteiger partial charge is 0.396 e. The molecule has 0 radical (unpaired) electrons. The molecule has 0 amide bonds. The lowest BCUT2D eigenvalue weighted by Crippen LogP contribution is -2.34. The molecule has 98 valence electrons. The summed E-state index contributed by atoms with van der Waals surface area (Å²) in [5, 5.41) is 18.2. The number of pyridine rings is 1. The van der Waals surface area contributed by atoms with E-state index in [2.05, 4.69) is 29.8 Å². The van der Waals surface area contributed by atoms with Crippen molar-refractivity contribution in [3.63, 3.8) is 0 Å². The van der Waals surface area contributed by atoms with E-state index in [1.807, 2.05) is 19.9 Å². The number of anilines is 1. The molecule has 1 aromatic heterocycles. The maximum absolute atomic E-state index is 9.28. The second kappa shape index (κ2) is 6.36. The van der Waals surface area contributed by atoms with E-state index in [1.54, 1.807) is 0 Å². The molecule has 1 rings (SSSR count). The van der Waals surface area contributed by atoms with E-state index < -0.39 is 0 Å². The summed E-state index contributed by atoms with van der Waals surface area (Å²) in [5.74, 6) is 0.735. The second-order valence-corrected chi connectivity index (χ2v) is 4.76. The molecular weight excluding hydrogens is 226 g/mol. The first kappa shape index (κ1) is 14.5. The fraction of sp³-hybridized carbons (Fsp3) is 0.571. The molecule has 0 saturated carbocycles. The van der Waals surface area contributed by atoms with Gasteiger partial charge in [0.25, 0.3) is 0 Å². The summed E-state index contributed by atoms with van der Waals surface area (Å²) < 4.78 is 0. The van der Waals surface area contributed by atoms with Gasteiger partial charge in [0.1, 0.15) is 11.9 Å². The lowest BCUT2D eigenvalue weighted by molar-refractivity contribution is 0.288. The number of nitrogens with zero attached hydrogens (tertiary/aromatic N) is 3. The normalized spacial score (nSPS) is 10.5. The average Bonchev–Trinajstić information content (AvgIpc) is 2.28. The van der Waals surface area contributed by atoms with Crippen molar-refractivity contribution in [2.45, 2.75) is 40.2 Å². The third-order valence-electron chi connectivity index (χ3n) is 2.89. The van der Waals surface area contributed by atoms with Gasteiger partial charge in [0.2, 0.25) is 0 Å². The van der Waals surface area contributed by atoms with Gasteiger partial charge in [-0.25, -0.2) is 4.98 Å². The van der Waals surface area contributed by atoms with Crippen molar-refractivity contribution in [3.05, 3.63) is 22.9 Å². The third-order valence-corrected chi connectivity index (χ3v) is 2.89. The minimum atomic E-state index is 0.149. The Balaban J connectivity index is 3.22. The molecule has 0 aliphatic rings. The summed E-state index contributed by atoms with van der Waals surface area (Å²) >= 11 is 0. The van der Waals surface area contributed by atoms with Gasteiger partial charge in [0.15, 0.2) is 0 Å². The molecule has 0 aromatic carbocycles. The molecule has 18 heavy (non-hydrogen) atoms. The van der Waals surface area contributed by atoms with Crippen LogP contribution in [-0.2, 0) is 0 Å². The van der Waals surface area contributed by atoms with Gasteiger partial charge >= 0.3 is 0 Å². The van der Waals surface area contributed by atoms with Crippen molar-refractivity contribution in [2.24, 2.45) is 0 Å². The van der Waals surface area contributed by atoms with Gasteiger partial charge in [0.05, 0.1) is 5.56 Å². The Hall–Kier alpha value is -1.60. The molecular formula is C14H21N3O. The average molecular weight is 247 g/mol. The van der Waals surface area contributed by atoms with E-state index in [0.29, 0.717) is 18.5 Å². The van der Waals surface area contributed by atoms with Gasteiger partial charge in [-0.05, 0) is 45.7 Å². The van der Waals surface area contributed by atoms with Crippen LogP contribution < -0.4 is 4.90 Å². The predicted molar refractivity (Wildman–Crippen MR) is 72.6 cm³/mol. The summed E-state index contributed by atoms with van der Waals surface area (Å²) in [6.07, 6.45) is 0.678. The van der Waals surface area contributed by atoms with Crippen LogP contribution in [0.1, 0.15) is 37.1 Å². The molecule has 1 aromatic rings. The van der Waals surface area contributed by atoms with Crippen LogP contribution in [0, 0.1) is 25.2 Å². The van der Waals surface area contributed by atoms with E-state index in [0.717, 1.165) is 17.1 Å². The van der Waals surface area contributed by atoms with E-state index in [4.69, 9.17) is 5.11 Å². The van der Waals surface area contributed by atoms with E-state index in [1.165, 1.54) is 0 Å². The maximum atomic E-state index is 9.28. The van der Waals surface area contributed by atoms with Crippen molar-refractivity contribution >= 4 is 5.82 Å². The minimum absolute atomic E-state index is 0.149. The number of aliphatic hydroxyl groups is 1. The summed E-state index contributed by atoms with van der Waals surface area (Å²) in [6.45, 7) is 8.86. The van der Waals surface area contributed by atoms with Crippen LogP contribution in [0.5, 0.6) is 0 Å². The van der Waals surface area contributed by atoms with E-state index in [9.17, 15) is 5.26 Å². The highest BCUT2D eigenvalue weighted by molar-refractivity contribution is 5.58. The number of hydrogen-bond donors (Lipinski definition) is 1. The Labute approximate surface area is 109 Å². The molecule has 0 fully saturated rings. The third kappa shape index (κ3) is 3.21. The fourth-order valence-electron chi connectivity index (χ4n) is 2.01. The standard InChI is InChI=1S/C14H21N3O/c1-10(2)17(6-5-7-18)14-13(9-15)11(3)8-12(4)16-14/h8,10,18H,5-7H2,1-4H3. The molecule has 0 unspecified atom stereocenters. The topological polar surface area (TPSA) is 60.2 Å². The number of aromatic nitrogens is 1. The van der Waals surface area contributed by atoms with Crippen LogP contribution in [0.25, 0.3) is 0 Å². The number of aliphatic hydroxyl groups excluding tert-OH is 1. The summed E-state index contributed by atoms with van der Waals surface area (Å²) in [6, 6.07) is 4.41. The highest BCUT2D eigenvalue weighted by Crippen LogP contribution is 2.23. The number of hydrogen-bond acceptors (Lipinski definition) is 4. The molecule has 0 aliphatic heterocycles. The number of rotatable bonds is 5. The summed E-state index contributed by atoms with van der Waals surface area (Å²) in [4.78, 5) is 6.58. The SMILES string of the molecule is Cc1cc(C)c(C#N)c(N(CCCO)C(C)C)n1. The van der Waals surface area contributed by atoms with Crippen molar-refractivity contribution in [2.75, 3.05) is 18.1 Å². The van der Waals surface area contributed by atoms with Crippen molar-refractivity contribution < 1.29 is 5.11 Å². The van der Waals surface area contributed by atoms with Gasteiger partial charge in [-0.2, -0.15) is 5.26 Å². The monoisotopic (exact) mass is 247 g/mol. The van der Waals surface area contributed by atoms with Crippen LogP contribution in [0.2, 0.25) is 0 Å². The van der Waals surface area contributed by atoms with Gasteiger partial charge in [0, 0.05) is 24.9 Å². The zero-order valence-electron chi connectivity index (χ0n) is 11.6. The molecule has 0 spiro atoms. The van der Waals surface area contributed by atoms with Crippen LogP contribution >= 0.6 is 0 Å². The highest BCUT2D eigenvalue weighted by atomic mass is 16.3. The fourth-order valence-corrected chi connectivity index (χ4v) is 2.01. The minimum Gasteiger partial charge on any atom is -0.396 e. The predicted octanol–water partition coefficient (Wildman–Crippen LogP) is 2.17. The van der Waals surface area contributed by atoms with Gasteiger partial charge in [-0.1, -0.05) is 0 Å². The lowest BCUT2D eigenvalue weighted by atomic mass is 10.1. The van der Waals surface area contributed by atoms with Crippen LogP contribution in [0.4, 0.5) is 5.82 Å². The zero-order chi connectivity index (χ0) is 13.7. The number of nitriles is 1. The zero-order valence-corrected chi connectivity index (χ0v) is 11.6. The van der Waals surface area contributed by atoms with Gasteiger partial charge < -0.3 is 10.0 Å². The summed E-state index contributed by atoms with van der Waals surface area (Å²) in [5.41, 5.74) is 2.50. The quantitative estimate of drug-likeness (QED) is 0.866. The summed E-state index contributed by atoms with van der Waals surface area (Å²) in [7, 11) is 0.